The van der Waals surface area contributed by atoms with E-state index in [1.807, 2.05) is 26.8 Å². The molecule has 0 bridgehead atoms. The Kier molecular flexibility index (Phi) is 15.1. The van der Waals surface area contributed by atoms with Crippen molar-refractivity contribution in [2.75, 3.05) is 13.2 Å². The number of halogens is 4. The molecule has 0 radical (unpaired) electrons. The molecule has 0 saturated heterocycles. The fourth-order valence-corrected chi connectivity index (χ4v) is 7.72. The number of carbonyl (C=O) groups excluding carboxylic acids is 2. The average Bonchev–Trinajstić information content (AvgIpc) is 3.43. The summed E-state index contributed by atoms with van der Waals surface area (Å²) in [5, 5.41) is 27.0. The minimum atomic E-state index is -0.749. The number of nitrogens with zero attached hydrogens (tertiary/aromatic N) is 2. The van der Waals surface area contributed by atoms with E-state index < -0.39 is 5.54 Å². The minimum Gasteiger partial charge on any atom is -0.870 e. The summed E-state index contributed by atoms with van der Waals surface area (Å²) in [7, 11) is 0. The molecule has 2 saturated carbocycles. The zero-order valence-corrected chi connectivity index (χ0v) is 33.5. The van der Waals surface area contributed by atoms with Gasteiger partial charge in [-0.3, -0.25) is 9.59 Å². The number of nitrogens with one attached hydrogen (secondary N) is 2. The Bertz CT molecular complexity index is 1600. The zero-order chi connectivity index (χ0) is 34.6. The Balaban J connectivity index is 0.000000260. The van der Waals surface area contributed by atoms with Crippen LogP contribution in [0.4, 0.5) is 0 Å². The van der Waals surface area contributed by atoms with Crippen LogP contribution in [0.15, 0.2) is 58.0 Å². The average molecular weight is 777 g/mol. The number of hydrogen-bond donors (Lipinski definition) is 3. The van der Waals surface area contributed by atoms with Crippen LogP contribution >= 0.6 is 46.4 Å². The van der Waals surface area contributed by atoms with Crippen LogP contribution in [0.25, 0.3) is 11.1 Å². The summed E-state index contributed by atoms with van der Waals surface area (Å²) in [6.07, 6.45) is 5.75. The number of benzene rings is 2. The number of aliphatic hydroxyl groups excluding tert-OH is 1. The van der Waals surface area contributed by atoms with Crippen molar-refractivity contribution >= 4 is 80.8 Å². The molecule has 2 aliphatic carbocycles. The SMILES string of the molecule is CCON=C1CCC2(CC1)NC(=O)C(c1ccc(Cl)cc1Cl)=C2C.CCON=C1CCC2(CC1)NC(=O)C(c1ccc(Cl)cc1Cl)=C2O.[Na+].[OH-]. The summed E-state index contributed by atoms with van der Waals surface area (Å²) in [5.74, 6) is -0.337. The summed E-state index contributed by atoms with van der Waals surface area (Å²) in [6.45, 7) is 6.91. The van der Waals surface area contributed by atoms with Crippen LogP contribution in [-0.2, 0) is 19.3 Å². The quantitative estimate of drug-likeness (QED) is 0.260. The molecule has 264 valence electrons. The van der Waals surface area contributed by atoms with Crippen molar-refractivity contribution in [1.82, 2.24) is 10.6 Å². The molecule has 2 spiro atoms. The molecule has 4 aliphatic rings. The van der Waals surface area contributed by atoms with Crippen molar-refractivity contribution in [3.05, 3.63) is 78.9 Å². The Morgan fingerprint density at radius 1 is 0.720 bits per heavy atom. The van der Waals surface area contributed by atoms with E-state index in [4.69, 9.17) is 56.1 Å². The van der Waals surface area contributed by atoms with E-state index in [2.05, 4.69) is 20.9 Å². The molecule has 10 nitrogen and oxygen atoms in total. The third-order valence-corrected chi connectivity index (χ3v) is 10.4. The third kappa shape index (κ3) is 8.84. The van der Waals surface area contributed by atoms with Gasteiger partial charge in [0.05, 0.1) is 38.1 Å². The fourth-order valence-electron chi connectivity index (χ4n) is 6.71. The van der Waals surface area contributed by atoms with Gasteiger partial charge in [0.25, 0.3) is 11.8 Å². The molecule has 2 fully saturated rings. The Labute approximate surface area is 334 Å². The maximum absolute atomic E-state index is 12.6. The first-order valence-electron chi connectivity index (χ1n) is 16.0. The van der Waals surface area contributed by atoms with E-state index in [1.54, 1.807) is 30.3 Å². The standard InChI is InChI=1S/C18H20Cl2N2O2.C17H18Cl2N2O3.Na.H2O/c1-3-24-22-13-6-8-18(9-7-13)11(2)16(17(23)21-18)14-5-4-12(19)10-15(14)20;1-2-24-21-11-5-7-17(8-6-11)15(22)14(16(23)20-17)12-4-3-10(18)9-13(12)19;;/h4-5,10H,3,6-9H2,1-2H3,(H,21,23);3-4,9,22H,2,5-8H2,1H3,(H,20,23);;1H2/q;;+1;/p-1. The largest absolute Gasteiger partial charge is 1.00 e. The van der Waals surface area contributed by atoms with Crippen molar-refractivity contribution in [1.29, 1.82) is 0 Å². The van der Waals surface area contributed by atoms with Crippen LogP contribution in [-0.4, -0.2) is 58.1 Å². The minimum absolute atomic E-state index is 0. The van der Waals surface area contributed by atoms with Crippen LogP contribution in [0, 0.1) is 0 Å². The summed E-state index contributed by atoms with van der Waals surface area (Å²) in [4.78, 5) is 35.3. The molecule has 2 aromatic rings. The number of carbonyl (C=O) groups is 2. The molecule has 0 unspecified atom stereocenters. The zero-order valence-electron chi connectivity index (χ0n) is 28.5. The van der Waals surface area contributed by atoms with Gasteiger partial charge >= 0.3 is 29.6 Å². The van der Waals surface area contributed by atoms with Crippen molar-refractivity contribution in [2.45, 2.75) is 83.2 Å². The first kappa shape index (κ1) is 42.1. The monoisotopic (exact) mass is 774 g/mol. The van der Waals surface area contributed by atoms with Gasteiger partial charge in [-0.05, 0) is 102 Å². The normalized spacial score (nSPS) is 22.7. The van der Waals surface area contributed by atoms with Gasteiger partial charge in [0.2, 0.25) is 0 Å². The second-order valence-corrected chi connectivity index (χ2v) is 13.9. The van der Waals surface area contributed by atoms with E-state index in [0.29, 0.717) is 70.1 Å². The predicted molar refractivity (Wildman–Crippen MR) is 194 cm³/mol. The van der Waals surface area contributed by atoms with Gasteiger partial charge in [0, 0.05) is 26.7 Å². The van der Waals surface area contributed by atoms with Gasteiger partial charge in [-0.25, -0.2) is 0 Å². The molecule has 2 aromatic carbocycles. The van der Waals surface area contributed by atoms with Crippen LogP contribution in [0.1, 0.15) is 83.3 Å². The van der Waals surface area contributed by atoms with Gasteiger partial charge in [-0.15, -0.1) is 0 Å². The van der Waals surface area contributed by atoms with Gasteiger partial charge in [-0.2, -0.15) is 0 Å². The van der Waals surface area contributed by atoms with E-state index in [-0.39, 0.29) is 63.7 Å². The van der Waals surface area contributed by atoms with Gasteiger partial charge in [-0.1, -0.05) is 68.8 Å². The molecular weight excluding hydrogens is 737 g/mol. The van der Waals surface area contributed by atoms with Crippen LogP contribution in [0.3, 0.4) is 0 Å². The number of oxime groups is 2. The molecule has 0 aromatic heterocycles. The Morgan fingerprint density at radius 2 is 1.12 bits per heavy atom. The van der Waals surface area contributed by atoms with Crippen molar-refractivity contribution in [3.63, 3.8) is 0 Å². The molecule has 6 rings (SSSR count). The predicted octanol–water partition coefficient (Wildman–Crippen LogP) is 5.53. The summed E-state index contributed by atoms with van der Waals surface area (Å²) in [6, 6.07) is 10.1. The Morgan fingerprint density at radius 3 is 1.56 bits per heavy atom. The molecule has 2 amide bonds. The second kappa shape index (κ2) is 18.0. The fraction of sp³-hybridized carbons (Fsp3) is 0.429. The van der Waals surface area contributed by atoms with E-state index in [9.17, 15) is 14.7 Å². The summed E-state index contributed by atoms with van der Waals surface area (Å²) < 4.78 is 0. The number of hydrogen-bond acceptors (Lipinski definition) is 8. The van der Waals surface area contributed by atoms with Crippen LogP contribution < -0.4 is 40.2 Å². The number of amides is 2. The molecule has 50 heavy (non-hydrogen) atoms. The topological polar surface area (TPSA) is 152 Å². The Hall–Kier alpha value is -2.28. The van der Waals surface area contributed by atoms with E-state index >= 15 is 0 Å². The molecule has 4 N–H and O–H groups in total. The van der Waals surface area contributed by atoms with Crippen LogP contribution in [0.5, 0.6) is 0 Å². The number of aliphatic hydroxyl groups is 1. The van der Waals surface area contributed by atoms with E-state index in [0.717, 1.165) is 48.2 Å². The van der Waals surface area contributed by atoms with Crippen molar-refractivity contribution in [2.24, 2.45) is 10.3 Å². The molecule has 2 aliphatic heterocycles. The molecular formula is C35H39Cl4N4NaO6. The molecule has 2 heterocycles. The molecule has 0 atom stereocenters. The number of rotatable bonds is 6. The van der Waals surface area contributed by atoms with E-state index in [1.165, 1.54) is 0 Å². The van der Waals surface area contributed by atoms with Crippen LogP contribution in [0.2, 0.25) is 20.1 Å². The first-order chi connectivity index (χ1) is 22.9. The van der Waals surface area contributed by atoms with Crippen molar-refractivity contribution in [3.8, 4) is 0 Å². The van der Waals surface area contributed by atoms with Gasteiger partial charge in [0.15, 0.2) is 0 Å². The van der Waals surface area contributed by atoms with Gasteiger partial charge < -0.3 is 30.9 Å². The third-order valence-electron chi connectivity index (χ3n) is 9.35. The second-order valence-electron chi connectivity index (χ2n) is 12.2. The maximum atomic E-state index is 12.6. The maximum Gasteiger partial charge on any atom is 1.00 e. The molecule has 15 heteroatoms. The van der Waals surface area contributed by atoms with Crippen molar-refractivity contribution < 1.29 is 59.4 Å². The van der Waals surface area contributed by atoms with Gasteiger partial charge in [0.1, 0.15) is 19.0 Å². The summed E-state index contributed by atoms with van der Waals surface area (Å²) in [5.41, 5.74) is 4.12. The first-order valence-corrected chi connectivity index (χ1v) is 17.5. The smallest absolute Gasteiger partial charge is 0.870 e. The summed E-state index contributed by atoms with van der Waals surface area (Å²) >= 11 is 24.4.